The van der Waals surface area contributed by atoms with Gasteiger partial charge < -0.3 is 15.0 Å². The van der Waals surface area contributed by atoms with E-state index in [1.165, 1.54) is 44.9 Å². The summed E-state index contributed by atoms with van der Waals surface area (Å²) in [7, 11) is 1.69. The zero-order chi connectivity index (χ0) is 13.5. The van der Waals surface area contributed by atoms with Crippen LogP contribution < -0.4 is 5.32 Å². The first-order valence-corrected chi connectivity index (χ1v) is 7.80. The predicted molar refractivity (Wildman–Crippen MR) is 76.1 cm³/mol. The average Bonchev–Trinajstić information content (AvgIpc) is 3.26. The van der Waals surface area contributed by atoms with Gasteiger partial charge in [-0.15, -0.1) is 0 Å². The molecular weight excluding hydrogens is 240 g/mol. The van der Waals surface area contributed by atoms with E-state index in [1.54, 1.807) is 7.11 Å². The number of ether oxygens (including phenoxy) is 1. The third kappa shape index (κ3) is 5.11. The second-order valence-corrected chi connectivity index (χ2v) is 5.95. The van der Waals surface area contributed by atoms with Gasteiger partial charge in [-0.05, 0) is 31.6 Å². The molecule has 19 heavy (non-hydrogen) atoms. The van der Waals surface area contributed by atoms with Gasteiger partial charge in [0.2, 0.25) is 5.91 Å². The van der Waals surface area contributed by atoms with Gasteiger partial charge in [-0.1, -0.05) is 19.3 Å². The molecule has 1 amide bonds. The topological polar surface area (TPSA) is 41.6 Å². The molecule has 0 spiro atoms. The standard InChI is InChI=1S/C15H28N2O2/c1-19-10-9-16-11-15(18)17(12-13-7-8-13)14-5-3-2-4-6-14/h13-14,16H,2-12H2,1H3. The third-order valence-corrected chi connectivity index (χ3v) is 4.25. The van der Waals surface area contributed by atoms with Gasteiger partial charge in [0.05, 0.1) is 13.2 Å². The highest BCUT2D eigenvalue weighted by molar-refractivity contribution is 5.78. The van der Waals surface area contributed by atoms with Crippen molar-refractivity contribution >= 4 is 5.91 Å². The summed E-state index contributed by atoms with van der Waals surface area (Å²) < 4.78 is 4.99. The van der Waals surface area contributed by atoms with E-state index in [0.29, 0.717) is 19.2 Å². The molecule has 0 radical (unpaired) electrons. The van der Waals surface area contributed by atoms with E-state index in [-0.39, 0.29) is 5.91 Å². The molecule has 1 N–H and O–H groups in total. The summed E-state index contributed by atoms with van der Waals surface area (Å²) in [6.07, 6.45) is 8.95. The molecule has 0 bridgehead atoms. The number of methoxy groups -OCH3 is 1. The van der Waals surface area contributed by atoms with E-state index >= 15 is 0 Å². The second kappa shape index (κ2) is 7.85. The summed E-state index contributed by atoms with van der Waals surface area (Å²) in [5.74, 6) is 1.07. The maximum absolute atomic E-state index is 12.4. The molecule has 4 nitrogen and oxygen atoms in total. The summed E-state index contributed by atoms with van der Waals surface area (Å²) >= 11 is 0. The van der Waals surface area contributed by atoms with Crippen molar-refractivity contribution in [1.82, 2.24) is 10.2 Å². The van der Waals surface area contributed by atoms with Gasteiger partial charge in [0.1, 0.15) is 0 Å². The summed E-state index contributed by atoms with van der Waals surface area (Å²) in [4.78, 5) is 14.6. The molecule has 2 rings (SSSR count). The molecule has 0 saturated heterocycles. The molecule has 4 heteroatoms. The lowest BCUT2D eigenvalue weighted by Gasteiger charge is -2.34. The minimum absolute atomic E-state index is 0.287. The number of carbonyl (C=O) groups excluding carboxylic acids is 1. The van der Waals surface area contributed by atoms with Crippen molar-refractivity contribution in [2.24, 2.45) is 5.92 Å². The Bertz CT molecular complexity index is 273. The maximum atomic E-state index is 12.4. The fourth-order valence-corrected chi connectivity index (χ4v) is 2.90. The minimum Gasteiger partial charge on any atom is -0.383 e. The molecule has 0 heterocycles. The summed E-state index contributed by atoms with van der Waals surface area (Å²) in [5, 5.41) is 3.18. The van der Waals surface area contributed by atoms with Crippen LogP contribution in [0.3, 0.4) is 0 Å². The quantitative estimate of drug-likeness (QED) is 0.682. The molecule has 0 unspecified atom stereocenters. The van der Waals surface area contributed by atoms with Crippen molar-refractivity contribution in [3.63, 3.8) is 0 Å². The fraction of sp³-hybridized carbons (Fsp3) is 0.933. The zero-order valence-electron chi connectivity index (χ0n) is 12.2. The number of nitrogens with one attached hydrogen (secondary N) is 1. The highest BCUT2D eigenvalue weighted by Crippen LogP contribution is 2.32. The van der Waals surface area contributed by atoms with E-state index in [0.717, 1.165) is 19.0 Å². The lowest BCUT2D eigenvalue weighted by molar-refractivity contribution is -0.133. The Kier molecular flexibility index (Phi) is 6.11. The van der Waals surface area contributed by atoms with E-state index in [1.807, 2.05) is 0 Å². The fourth-order valence-electron chi connectivity index (χ4n) is 2.90. The van der Waals surface area contributed by atoms with Crippen molar-refractivity contribution in [3.05, 3.63) is 0 Å². The lowest BCUT2D eigenvalue weighted by atomic mass is 9.94. The van der Waals surface area contributed by atoms with Crippen LogP contribution in [-0.2, 0) is 9.53 Å². The number of amides is 1. The molecule has 2 aliphatic carbocycles. The Morgan fingerprint density at radius 1 is 1.21 bits per heavy atom. The van der Waals surface area contributed by atoms with Crippen LogP contribution in [0.4, 0.5) is 0 Å². The Labute approximate surface area is 116 Å². The van der Waals surface area contributed by atoms with Crippen LogP contribution in [0.1, 0.15) is 44.9 Å². The SMILES string of the molecule is COCCNCC(=O)N(CC1CC1)C1CCCCC1. The zero-order valence-corrected chi connectivity index (χ0v) is 12.2. The Morgan fingerprint density at radius 2 is 1.95 bits per heavy atom. The van der Waals surface area contributed by atoms with Crippen LogP contribution in [0.25, 0.3) is 0 Å². The lowest BCUT2D eigenvalue weighted by Crippen LogP contribution is -2.46. The second-order valence-electron chi connectivity index (χ2n) is 5.95. The first-order chi connectivity index (χ1) is 9.31. The highest BCUT2D eigenvalue weighted by Gasteiger charge is 2.31. The molecule has 2 aliphatic rings. The molecular formula is C15H28N2O2. The number of hydrogen-bond acceptors (Lipinski definition) is 3. The molecule has 0 aromatic heterocycles. The molecule has 2 fully saturated rings. The Morgan fingerprint density at radius 3 is 2.58 bits per heavy atom. The van der Waals surface area contributed by atoms with Crippen LogP contribution >= 0.6 is 0 Å². The molecule has 0 aliphatic heterocycles. The average molecular weight is 268 g/mol. The molecule has 2 saturated carbocycles. The molecule has 0 atom stereocenters. The van der Waals surface area contributed by atoms with Crippen molar-refractivity contribution in [1.29, 1.82) is 0 Å². The summed E-state index contributed by atoms with van der Waals surface area (Å²) in [5.41, 5.74) is 0. The molecule has 0 aromatic rings. The van der Waals surface area contributed by atoms with Gasteiger partial charge in [0, 0.05) is 26.2 Å². The van der Waals surface area contributed by atoms with Crippen molar-refractivity contribution < 1.29 is 9.53 Å². The van der Waals surface area contributed by atoms with E-state index in [2.05, 4.69) is 10.2 Å². The van der Waals surface area contributed by atoms with Crippen molar-refractivity contribution in [3.8, 4) is 0 Å². The number of carbonyl (C=O) groups is 1. The van der Waals surface area contributed by atoms with E-state index in [9.17, 15) is 4.79 Å². The van der Waals surface area contributed by atoms with Crippen LogP contribution in [0, 0.1) is 5.92 Å². The first kappa shape index (κ1) is 14.8. The van der Waals surface area contributed by atoms with Crippen LogP contribution in [0.15, 0.2) is 0 Å². The van der Waals surface area contributed by atoms with Crippen LogP contribution in [0.5, 0.6) is 0 Å². The van der Waals surface area contributed by atoms with Crippen LogP contribution in [-0.4, -0.2) is 50.2 Å². The predicted octanol–water partition coefficient (Wildman–Crippen LogP) is 1.79. The number of rotatable bonds is 8. The molecule has 0 aromatic carbocycles. The Hall–Kier alpha value is -0.610. The Balaban J connectivity index is 1.78. The smallest absolute Gasteiger partial charge is 0.236 e. The highest BCUT2D eigenvalue weighted by atomic mass is 16.5. The van der Waals surface area contributed by atoms with Gasteiger partial charge in [-0.25, -0.2) is 0 Å². The van der Waals surface area contributed by atoms with Crippen molar-refractivity contribution in [2.45, 2.75) is 51.0 Å². The van der Waals surface area contributed by atoms with Gasteiger partial charge in [0.15, 0.2) is 0 Å². The van der Waals surface area contributed by atoms with Crippen molar-refractivity contribution in [2.75, 3.05) is 33.4 Å². The summed E-state index contributed by atoms with van der Waals surface area (Å²) in [6, 6.07) is 0.506. The minimum atomic E-state index is 0.287. The maximum Gasteiger partial charge on any atom is 0.236 e. The monoisotopic (exact) mass is 268 g/mol. The number of nitrogens with zero attached hydrogens (tertiary/aromatic N) is 1. The van der Waals surface area contributed by atoms with E-state index in [4.69, 9.17) is 4.74 Å². The van der Waals surface area contributed by atoms with Gasteiger partial charge in [-0.3, -0.25) is 4.79 Å². The number of hydrogen-bond donors (Lipinski definition) is 1. The normalized spacial score (nSPS) is 20.5. The van der Waals surface area contributed by atoms with Gasteiger partial charge in [-0.2, -0.15) is 0 Å². The van der Waals surface area contributed by atoms with Gasteiger partial charge >= 0.3 is 0 Å². The first-order valence-electron chi connectivity index (χ1n) is 7.80. The molecule has 110 valence electrons. The largest absolute Gasteiger partial charge is 0.383 e. The van der Waals surface area contributed by atoms with Crippen LogP contribution in [0.2, 0.25) is 0 Å². The summed E-state index contributed by atoms with van der Waals surface area (Å²) in [6.45, 7) is 2.88. The van der Waals surface area contributed by atoms with E-state index < -0.39 is 0 Å². The van der Waals surface area contributed by atoms with Gasteiger partial charge in [0.25, 0.3) is 0 Å². The third-order valence-electron chi connectivity index (χ3n) is 4.25.